The van der Waals surface area contributed by atoms with Gasteiger partial charge in [0.25, 0.3) is 0 Å². The maximum absolute atomic E-state index is 12.0. The lowest BCUT2D eigenvalue weighted by atomic mass is 10.0. The summed E-state index contributed by atoms with van der Waals surface area (Å²) in [5.74, 6) is -1.05. The normalized spacial score (nSPS) is 17.4. The van der Waals surface area contributed by atoms with Crippen LogP contribution in [-0.4, -0.2) is 42.4 Å². The molecular weight excluding hydrogens is 286 g/mol. The number of benzene rings is 1. The topological polar surface area (TPSA) is 72.9 Å². The molecule has 2 rings (SSSR count). The first-order valence-corrected chi connectivity index (χ1v) is 7.24. The maximum atomic E-state index is 12.0. The van der Waals surface area contributed by atoms with E-state index in [1.807, 2.05) is 30.3 Å². The summed E-state index contributed by atoms with van der Waals surface area (Å²) in [4.78, 5) is 36.6. The molecule has 0 unspecified atom stereocenters. The van der Waals surface area contributed by atoms with Crippen LogP contribution in [0.4, 0.5) is 4.79 Å². The molecular formula is C16H19NO5. The molecule has 6 nitrogen and oxygen atoms in total. The molecule has 0 aliphatic carbocycles. The van der Waals surface area contributed by atoms with Crippen LogP contribution in [-0.2, 0) is 25.7 Å². The van der Waals surface area contributed by atoms with E-state index < -0.39 is 18.0 Å². The minimum absolute atomic E-state index is 0.00907. The molecule has 0 saturated carbocycles. The van der Waals surface area contributed by atoms with Gasteiger partial charge in [0, 0.05) is 12.5 Å². The molecule has 1 aliphatic heterocycles. The van der Waals surface area contributed by atoms with Crippen LogP contribution in [0.2, 0.25) is 0 Å². The Hall–Kier alpha value is -2.37. The van der Waals surface area contributed by atoms with Crippen molar-refractivity contribution in [2.45, 2.75) is 20.0 Å². The van der Waals surface area contributed by atoms with Gasteiger partial charge in [-0.15, -0.1) is 0 Å². The second kappa shape index (κ2) is 7.59. The molecule has 1 atom stereocenters. The predicted octanol–water partition coefficient (Wildman–Crippen LogP) is 1.78. The number of hydrogen-bond acceptors (Lipinski definition) is 5. The Kier molecular flexibility index (Phi) is 5.52. The monoisotopic (exact) mass is 305 g/mol. The summed E-state index contributed by atoms with van der Waals surface area (Å²) in [6.07, 6.45) is -0.529. The quantitative estimate of drug-likeness (QED) is 0.775. The largest absolute Gasteiger partial charge is 0.466 e. The molecule has 0 N–H and O–H groups in total. The summed E-state index contributed by atoms with van der Waals surface area (Å²) in [6, 6.07) is 9.30. The summed E-state index contributed by atoms with van der Waals surface area (Å²) < 4.78 is 10.0. The highest BCUT2D eigenvalue weighted by Gasteiger charge is 2.35. The highest BCUT2D eigenvalue weighted by atomic mass is 16.6. The van der Waals surface area contributed by atoms with Crippen molar-refractivity contribution in [3.8, 4) is 0 Å². The first-order valence-electron chi connectivity index (χ1n) is 7.24. The first kappa shape index (κ1) is 16.0. The van der Waals surface area contributed by atoms with Crippen molar-refractivity contribution >= 4 is 17.8 Å². The van der Waals surface area contributed by atoms with Gasteiger partial charge in [-0.2, -0.15) is 0 Å². The Morgan fingerprint density at radius 2 is 1.95 bits per heavy atom. The molecule has 1 amide bonds. The van der Waals surface area contributed by atoms with Gasteiger partial charge in [0.05, 0.1) is 19.6 Å². The molecule has 1 saturated heterocycles. The molecule has 1 heterocycles. The van der Waals surface area contributed by atoms with Crippen LogP contribution in [0.25, 0.3) is 0 Å². The summed E-state index contributed by atoms with van der Waals surface area (Å²) >= 11 is 0. The van der Waals surface area contributed by atoms with Crippen LogP contribution in [0, 0.1) is 5.92 Å². The van der Waals surface area contributed by atoms with Gasteiger partial charge in [-0.05, 0) is 12.5 Å². The Balaban J connectivity index is 1.82. The van der Waals surface area contributed by atoms with E-state index in [2.05, 4.69) is 0 Å². The number of nitrogens with zero attached hydrogens (tertiary/aromatic N) is 1. The minimum Gasteiger partial charge on any atom is -0.466 e. The van der Waals surface area contributed by atoms with Crippen molar-refractivity contribution in [1.82, 2.24) is 4.90 Å². The second-order valence-electron chi connectivity index (χ2n) is 5.09. The molecule has 0 aromatic heterocycles. The SMILES string of the molecule is CCOC(=O)C[C@@H]1CN(C(=O)OCc2ccccc2)CC1=O. The zero-order chi connectivity index (χ0) is 15.9. The summed E-state index contributed by atoms with van der Waals surface area (Å²) in [6.45, 7) is 2.33. The van der Waals surface area contributed by atoms with Gasteiger partial charge >= 0.3 is 12.1 Å². The van der Waals surface area contributed by atoms with Crippen LogP contribution < -0.4 is 0 Å². The number of amides is 1. The van der Waals surface area contributed by atoms with Crippen molar-refractivity contribution in [3.05, 3.63) is 35.9 Å². The summed E-state index contributed by atoms with van der Waals surface area (Å²) in [5, 5.41) is 0. The number of ether oxygens (including phenoxy) is 2. The highest BCUT2D eigenvalue weighted by molar-refractivity contribution is 5.92. The van der Waals surface area contributed by atoms with E-state index in [0.29, 0.717) is 0 Å². The van der Waals surface area contributed by atoms with Crippen molar-refractivity contribution < 1.29 is 23.9 Å². The third-order valence-electron chi connectivity index (χ3n) is 3.42. The first-order chi connectivity index (χ1) is 10.6. The van der Waals surface area contributed by atoms with Crippen molar-refractivity contribution in [1.29, 1.82) is 0 Å². The highest BCUT2D eigenvalue weighted by Crippen LogP contribution is 2.18. The molecule has 0 radical (unpaired) electrons. The molecule has 1 aliphatic rings. The number of ketones is 1. The van der Waals surface area contributed by atoms with E-state index in [0.717, 1.165) is 5.56 Å². The predicted molar refractivity (Wildman–Crippen MR) is 77.9 cm³/mol. The number of carbonyl (C=O) groups is 3. The Bertz CT molecular complexity index is 543. The zero-order valence-corrected chi connectivity index (χ0v) is 12.5. The van der Waals surface area contributed by atoms with Gasteiger partial charge in [-0.3, -0.25) is 9.59 Å². The van der Waals surface area contributed by atoms with E-state index in [1.54, 1.807) is 6.92 Å². The number of likely N-dealkylation sites (tertiary alicyclic amines) is 1. The molecule has 1 aromatic carbocycles. The Morgan fingerprint density at radius 1 is 1.23 bits per heavy atom. The molecule has 1 aromatic rings. The van der Waals surface area contributed by atoms with E-state index in [1.165, 1.54) is 4.90 Å². The molecule has 118 valence electrons. The number of Topliss-reactive ketones (excluding diaryl/α,β-unsaturated/α-hetero) is 1. The molecule has 6 heteroatoms. The van der Waals surface area contributed by atoms with E-state index in [4.69, 9.17) is 9.47 Å². The van der Waals surface area contributed by atoms with Crippen molar-refractivity contribution in [2.24, 2.45) is 5.92 Å². The minimum atomic E-state index is -0.538. The van der Waals surface area contributed by atoms with Crippen LogP contribution >= 0.6 is 0 Å². The van der Waals surface area contributed by atoms with E-state index in [9.17, 15) is 14.4 Å². The number of carbonyl (C=O) groups excluding carboxylic acids is 3. The van der Waals surface area contributed by atoms with Crippen LogP contribution in [0.3, 0.4) is 0 Å². The zero-order valence-electron chi connectivity index (χ0n) is 12.5. The van der Waals surface area contributed by atoms with Gasteiger partial charge < -0.3 is 14.4 Å². The number of rotatable bonds is 5. The van der Waals surface area contributed by atoms with Crippen molar-refractivity contribution in [3.63, 3.8) is 0 Å². The fraction of sp³-hybridized carbons (Fsp3) is 0.438. The second-order valence-corrected chi connectivity index (χ2v) is 5.09. The maximum Gasteiger partial charge on any atom is 0.410 e. The number of hydrogen-bond donors (Lipinski definition) is 0. The van der Waals surface area contributed by atoms with Crippen LogP contribution in [0.5, 0.6) is 0 Å². The fourth-order valence-electron chi connectivity index (χ4n) is 2.30. The lowest BCUT2D eigenvalue weighted by Gasteiger charge is -2.15. The number of esters is 1. The van der Waals surface area contributed by atoms with Gasteiger partial charge in [-0.25, -0.2) is 4.79 Å². The summed E-state index contributed by atoms with van der Waals surface area (Å²) in [7, 11) is 0. The lowest BCUT2D eigenvalue weighted by Crippen LogP contribution is -2.29. The van der Waals surface area contributed by atoms with Gasteiger partial charge in [-0.1, -0.05) is 30.3 Å². The van der Waals surface area contributed by atoms with Crippen LogP contribution in [0.1, 0.15) is 18.9 Å². The van der Waals surface area contributed by atoms with Gasteiger partial charge in [0.15, 0.2) is 5.78 Å². The Labute approximate surface area is 129 Å². The third-order valence-corrected chi connectivity index (χ3v) is 3.42. The molecule has 0 spiro atoms. The van der Waals surface area contributed by atoms with Gasteiger partial charge in [0.1, 0.15) is 6.61 Å². The van der Waals surface area contributed by atoms with E-state index >= 15 is 0 Å². The average molecular weight is 305 g/mol. The molecule has 22 heavy (non-hydrogen) atoms. The Morgan fingerprint density at radius 3 is 2.64 bits per heavy atom. The fourth-order valence-corrected chi connectivity index (χ4v) is 2.30. The smallest absolute Gasteiger partial charge is 0.410 e. The van der Waals surface area contributed by atoms with Crippen LogP contribution in [0.15, 0.2) is 30.3 Å². The third kappa shape index (κ3) is 4.31. The average Bonchev–Trinajstić information content (AvgIpc) is 2.87. The molecule has 1 fully saturated rings. The summed E-state index contributed by atoms with van der Waals surface area (Å²) in [5.41, 5.74) is 0.879. The van der Waals surface area contributed by atoms with Gasteiger partial charge in [0.2, 0.25) is 0 Å². The lowest BCUT2D eigenvalue weighted by molar-refractivity contribution is -0.145. The molecule has 0 bridgehead atoms. The van der Waals surface area contributed by atoms with Crippen molar-refractivity contribution in [2.75, 3.05) is 19.7 Å². The van der Waals surface area contributed by atoms with E-state index in [-0.39, 0.29) is 38.5 Å². The standard InChI is InChI=1S/C16H19NO5/c1-2-21-15(19)8-13-9-17(10-14(13)18)16(20)22-11-12-6-4-3-5-7-12/h3-7,13H,2,8-11H2,1H3/t13-/m1/s1.